The van der Waals surface area contributed by atoms with E-state index in [2.05, 4.69) is 25.9 Å². The Labute approximate surface area is 117 Å². The number of H-pyrrole nitrogens is 1. The molecule has 0 spiro atoms. The van der Waals surface area contributed by atoms with E-state index in [1.54, 1.807) is 0 Å². The molecule has 0 amide bonds. The molecule has 0 aliphatic carbocycles. The van der Waals surface area contributed by atoms with Crippen molar-refractivity contribution in [2.45, 2.75) is 19.8 Å². The third-order valence-corrected chi connectivity index (χ3v) is 3.05. The lowest BCUT2D eigenvalue weighted by molar-refractivity contribution is 0.448. The Hall–Kier alpha value is -1.69. The fourth-order valence-electron chi connectivity index (χ4n) is 1.45. The van der Waals surface area contributed by atoms with Crippen LogP contribution in [0.15, 0.2) is 33.5 Å². The fourth-order valence-corrected chi connectivity index (χ4v) is 1.77. The average Bonchev–Trinajstić information content (AvgIpc) is 2.33. The van der Waals surface area contributed by atoms with Crippen LogP contribution in [-0.2, 0) is 0 Å². The Morgan fingerprint density at radius 1 is 1.37 bits per heavy atom. The molecule has 19 heavy (non-hydrogen) atoms. The second-order valence-electron chi connectivity index (χ2n) is 4.30. The van der Waals surface area contributed by atoms with Crippen LogP contribution in [0.5, 0.6) is 11.6 Å². The Morgan fingerprint density at radius 3 is 2.79 bits per heavy atom. The maximum atomic E-state index is 13.1. The molecule has 2 aromatic rings. The standard InChI is InChI=1S/C13H12BrFN2O2/c1-7(2)13-16-11(18)6-12(17-13)19-10-5-8(15)3-4-9(10)14/h3-7H,1-2H3,(H,16,17,18). The van der Waals surface area contributed by atoms with E-state index in [9.17, 15) is 9.18 Å². The van der Waals surface area contributed by atoms with Crippen LogP contribution in [0, 0.1) is 5.82 Å². The summed E-state index contributed by atoms with van der Waals surface area (Å²) in [5.74, 6) is 0.570. The molecule has 0 aliphatic rings. The van der Waals surface area contributed by atoms with E-state index in [-0.39, 0.29) is 23.1 Å². The number of hydrogen-bond acceptors (Lipinski definition) is 3. The highest BCUT2D eigenvalue weighted by Crippen LogP contribution is 2.29. The highest BCUT2D eigenvalue weighted by Gasteiger charge is 2.09. The maximum absolute atomic E-state index is 13.1. The fraction of sp³-hybridized carbons (Fsp3) is 0.231. The van der Waals surface area contributed by atoms with Gasteiger partial charge >= 0.3 is 0 Å². The van der Waals surface area contributed by atoms with Crippen molar-refractivity contribution in [1.82, 2.24) is 9.97 Å². The molecule has 0 saturated carbocycles. The van der Waals surface area contributed by atoms with Gasteiger partial charge in [-0.25, -0.2) is 4.39 Å². The molecule has 0 bridgehead atoms. The summed E-state index contributed by atoms with van der Waals surface area (Å²) >= 11 is 3.25. The number of ether oxygens (including phenoxy) is 1. The molecular weight excluding hydrogens is 315 g/mol. The van der Waals surface area contributed by atoms with E-state index in [1.165, 1.54) is 24.3 Å². The summed E-state index contributed by atoms with van der Waals surface area (Å²) in [6.07, 6.45) is 0. The van der Waals surface area contributed by atoms with E-state index >= 15 is 0 Å². The lowest BCUT2D eigenvalue weighted by Crippen LogP contribution is -2.12. The second-order valence-corrected chi connectivity index (χ2v) is 5.15. The minimum Gasteiger partial charge on any atom is -0.437 e. The van der Waals surface area contributed by atoms with Crippen molar-refractivity contribution in [3.05, 3.63) is 50.7 Å². The zero-order valence-corrected chi connectivity index (χ0v) is 12.0. The largest absolute Gasteiger partial charge is 0.437 e. The molecule has 1 N–H and O–H groups in total. The Morgan fingerprint density at radius 2 is 2.11 bits per heavy atom. The first-order valence-corrected chi connectivity index (χ1v) is 6.49. The van der Waals surface area contributed by atoms with Crippen LogP contribution in [0.1, 0.15) is 25.6 Å². The van der Waals surface area contributed by atoms with Gasteiger partial charge in [0.25, 0.3) is 5.56 Å². The summed E-state index contributed by atoms with van der Waals surface area (Å²) in [5.41, 5.74) is -0.304. The zero-order chi connectivity index (χ0) is 14.0. The molecule has 1 aromatic carbocycles. The molecule has 4 nitrogen and oxygen atoms in total. The average molecular weight is 327 g/mol. The minimum atomic E-state index is -0.424. The van der Waals surface area contributed by atoms with Gasteiger partial charge < -0.3 is 9.72 Å². The number of nitrogens with zero attached hydrogens (tertiary/aromatic N) is 1. The van der Waals surface area contributed by atoms with Gasteiger partial charge in [-0.05, 0) is 28.1 Å². The number of nitrogens with one attached hydrogen (secondary N) is 1. The van der Waals surface area contributed by atoms with Crippen molar-refractivity contribution in [1.29, 1.82) is 0 Å². The monoisotopic (exact) mass is 326 g/mol. The molecule has 0 unspecified atom stereocenters. The van der Waals surface area contributed by atoms with Crippen LogP contribution in [0.4, 0.5) is 4.39 Å². The normalized spacial score (nSPS) is 10.8. The van der Waals surface area contributed by atoms with Crippen molar-refractivity contribution < 1.29 is 9.13 Å². The Balaban J connectivity index is 2.38. The van der Waals surface area contributed by atoms with Crippen LogP contribution in [-0.4, -0.2) is 9.97 Å². The van der Waals surface area contributed by atoms with Crippen LogP contribution in [0.2, 0.25) is 0 Å². The minimum absolute atomic E-state index is 0.0622. The molecule has 6 heteroatoms. The van der Waals surface area contributed by atoms with Crippen molar-refractivity contribution in [2.24, 2.45) is 0 Å². The van der Waals surface area contributed by atoms with Crippen molar-refractivity contribution in [3.8, 4) is 11.6 Å². The van der Waals surface area contributed by atoms with Crippen LogP contribution in [0.3, 0.4) is 0 Å². The molecule has 0 aliphatic heterocycles. The van der Waals surface area contributed by atoms with E-state index in [4.69, 9.17) is 4.74 Å². The number of benzene rings is 1. The van der Waals surface area contributed by atoms with Crippen molar-refractivity contribution in [3.63, 3.8) is 0 Å². The molecule has 0 atom stereocenters. The van der Waals surface area contributed by atoms with Gasteiger partial charge in [-0.1, -0.05) is 13.8 Å². The van der Waals surface area contributed by atoms with Gasteiger partial charge in [-0.2, -0.15) is 4.98 Å². The summed E-state index contributed by atoms with van der Waals surface area (Å²) in [6, 6.07) is 5.29. The molecule has 1 aromatic heterocycles. The highest BCUT2D eigenvalue weighted by molar-refractivity contribution is 9.10. The number of halogens is 2. The first kappa shape index (κ1) is 13.7. The van der Waals surface area contributed by atoms with E-state index < -0.39 is 5.82 Å². The summed E-state index contributed by atoms with van der Waals surface area (Å²) in [4.78, 5) is 18.3. The van der Waals surface area contributed by atoms with E-state index in [0.29, 0.717) is 10.3 Å². The van der Waals surface area contributed by atoms with Gasteiger partial charge in [0.05, 0.1) is 10.5 Å². The van der Waals surface area contributed by atoms with Crippen LogP contribution >= 0.6 is 15.9 Å². The summed E-state index contributed by atoms with van der Waals surface area (Å²) < 4.78 is 19.2. The summed E-state index contributed by atoms with van der Waals surface area (Å²) in [7, 11) is 0. The summed E-state index contributed by atoms with van der Waals surface area (Å²) in [5, 5.41) is 0. The van der Waals surface area contributed by atoms with E-state index in [0.717, 1.165) is 0 Å². The van der Waals surface area contributed by atoms with Gasteiger partial charge in [0.1, 0.15) is 17.4 Å². The Kier molecular flexibility index (Phi) is 3.99. The highest BCUT2D eigenvalue weighted by atomic mass is 79.9. The molecule has 2 rings (SSSR count). The number of hydrogen-bond donors (Lipinski definition) is 1. The molecular formula is C13H12BrFN2O2. The number of aromatic nitrogens is 2. The molecule has 0 saturated heterocycles. The third kappa shape index (κ3) is 3.41. The van der Waals surface area contributed by atoms with E-state index in [1.807, 2.05) is 13.8 Å². The Bertz CT molecular complexity index is 655. The molecule has 100 valence electrons. The smallest absolute Gasteiger partial charge is 0.254 e. The van der Waals surface area contributed by atoms with Crippen LogP contribution in [0.25, 0.3) is 0 Å². The van der Waals surface area contributed by atoms with Gasteiger partial charge in [0, 0.05) is 12.0 Å². The van der Waals surface area contributed by atoms with Crippen molar-refractivity contribution >= 4 is 15.9 Å². The lowest BCUT2D eigenvalue weighted by Gasteiger charge is -2.09. The summed E-state index contributed by atoms with van der Waals surface area (Å²) in [6.45, 7) is 3.81. The molecule has 0 radical (unpaired) electrons. The number of aromatic amines is 1. The quantitative estimate of drug-likeness (QED) is 0.937. The lowest BCUT2D eigenvalue weighted by atomic mass is 10.2. The zero-order valence-electron chi connectivity index (χ0n) is 10.4. The number of rotatable bonds is 3. The predicted octanol–water partition coefficient (Wildman–Crippen LogP) is 3.59. The van der Waals surface area contributed by atoms with Gasteiger partial charge in [-0.15, -0.1) is 0 Å². The van der Waals surface area contributed by atoms with Gasteiger partial charge in [0.15, 0.2) is 0 Å². The maximum Gasteiger partial charge on any atom is 0.254 e. The van der Waals surface area contributed by atoms with Crippen LogP contribution < -0.4 is 10.3 Å². The predicted molar refractivity (Wildman–Crippen MR) is 73.1 cm³/mol. The molecule has 1 heterocycles. The topological polar surface area (TPSA) is 55.0 Å². The van der Waals surface area contributed by atoms with Gasteiger partial charge in [0.2, 0.25) is 5.88 Å². The third-order valence-electron chi connectivity index (χ3n) is 2.39. The second kappa shape index (κ2) is 5.52. The van der Waals surface area contributed by atoms with Gasteiger partial charge in [-0.3, -0.25) is 4.79 Å². The van der Waals surface area contributed by atoms with Crippen molar-refractivity contribution in [2.75, 3.05) is 0 Å². The first-order chi connectivity index (χ1) is 8.95. The first-order valence-electron chi connectivity index (χ1n) is 5.70. The SMILES string of the molecule is CC(C)c1nc(Oc2cc(F)ccc2Br)cc(=O)[nH]1. The molecule has 0 fully saturated rings.